The number of fused-ring (bicyclic) bond motifs is 1. The van der Waals surface area contributed by atoms with E-state index in [2.05, 4.69) is 10.3 Å². The summed E-state index contributed by atoms with van der Waals surface area (Å²) in [4.78, 5) is 27.7. The number of carbonyl (C=O) groups excluding carboxylic acids is 2. The van der Waals surface area contributed by atoms with Crippen LogP contribution in [0.3, 0.4) is 0 Å². The number of pyridine rings is 1. The lowest BCUT2D eigenvalue weighted by atomic mass is 10.2. The molecule has 162 valence electrons. The van der Waals surface area contributed by atoms with Gasteiger partial charge in [0.1, 0.15) is 11.3 Å². The van der Waals surface area contributed by atoms with Crippen molar-refractivity contribution in [2.75, 3.05) is 26.9 Å². The van der Waals surface area contributed by atoms with Gasteiger partial charge >= 0.3 is 0 Å². The highest BCUT2D eigenvalue weighted by Gasteiger charge is 2.16. The summed E-state index contributed by atoms with van der Waals surface area (Å²) in [5.41, 5.74) is 6.18. The van der Waals surface area contributed by atoms with Crippen LogP contribution in [-0.4, -0.2) is 43.7 Å². The zero-order chi connectivity index (χ0) is 22.2. The Hall–Kier alpha value is -3.52. The molecule has 0 spiro atoms. The minimum absolute atomic E-state index is 0.137. The minimum atomic E-state index is -0.651. The lowest BCUT2D eigenvalue weighted by Crippen LogP contribution is -2.25. The van der Waals surface area contributed by atoms with Crippen LogP contribution < -0.4 is 25.3 Å². The number of nitrogens with zero attached hydrogens (tertiary/aromatic N) is 1. The van der Waals surface area contributed by atoms with Gasteiger partial charge in [-0.25, -0.2) is 0 Å². The Balaban J connectivity index is 1.53. The zero-order valence-corrected chi connectivity index (χ0v) is 17.6. The molecule has 1 aromatic heterocycles. The van der Waals surface area contributed by atoms with Crippen molar-refractivity contribution in [3.63, 3.8) is 0 Å². The predicted molar refractivity (Wildman–Crippen MR) is 117 cm³/mol. The molecule has 3 rings (SSSR count). The average molecular weight is 444 g/mol. The van der Waals surface area contributed by atoms with E-state index in [1.165, 1.54) is 19.2 Å². The maximum atomic E-state index is 12.5. The highest BCUT2D eigenvalue weighted by atomic mass is 35.5. The van der Waals surface area contributed by atoms with Gasteiger partial charge < -0.3 is 25.3 Å². The molecule has 2 amide bonds. The van der Waals surface area contributed by atoms with Gasteiger partial charge in [-0.1, -0.05) is 29.8 Å². The molecule has 0 aliphatic rings. The first-order valence-electron chi connectivity index (χ1n) is 9.53. The van der Waals surface area contributed by atoms with Crippen LogP contribution in [0.5, 0.6) is 17.2 Å². The second-order valence-corrected chi connectivity index (χ2v) is 6.94. The lowest BCUT2D eigenvalue weighted by Gasteiger charge is -2.13. The summed E-state index contributed by atoms with van der Waals surface area (Å²) in [6, 6.07) is 12.5. The molecule has 0 saturated heterocycles. The molecule has 2 aromatic carbocycles. The number of nitrogens with two attached hydrogens (primary N) is 1. The van der Waals surface area contributed by atoms with E-state index in [4.69, 9.17) is 31.5 Å². The predicted octanol–water partition coefficient (Wildman–Crippen LogP) is 2.96. The molecule has 1 heterocycles. The Morgan fingerprint density at radius 3 is 2.71 bits per heavy atom. The maximum Gasteiger partial charge on any atom is 0.255 e. The van der Waals surface area contributed by atoms with E-state index in [-0.39, 0.29) is 29.0 Å². The molecular formula is C22H22ClN3O5. The molecule has 0 saturated carbocycles. The monoisotopic (exact) mass is 443 g/mol. The molecule has 0 aliphatic carbocycles. The smallest absolute Gasteiger partial charge is 0.255 e. The number of carbonyl (C=O) groups is 2. The van der Waals surface area contributed by atoms with Crippen LogP contribution in [0.25, 0.3) is 10.9 Å². The largest absolute Gasteiger partial charge is 0.493 e. The molecule has 3 aromatic rings. The number of para-hydroxylation sites is 1. The SMILES string of the molecule is COc1cc(C(=O)NCCCOc2cccc3cccnc23)cc(Cl)c1OCC(N)=O. The van der Waals surface area contributed by atoms with Crippen LogP contribution in [0.15, 0.2) is 48.7 Å². The summed E-state index contributed by atoms with van der Waals surface area (Å²) in [5, 5.41) is 3.95. The Morgan fingerprint density at radius 1 is 1.13 bits per heavy atom. The van der Waals surface area contributed by atoms with Gasteiger partial charge in [0, 0.05) is 23.7 Å². The van der Waals surface area contributed by atoms with E-state index in [1.807, 2.05) is 30.3 Å². The maximum absolute atomic E-state index is 12.5. The lowest BCUT2D eigenvalue weighted by molar-refractivity contribution is -0.119. The third-order valence-electron chi connectivity index (χ3n) is 4.31. The highest BCUT2D eigenvalue weighted by molar-refractivity contribution is 6.32. The van der Waals surface area contributed by atoms with Gasteiger partial charge in [-0.3, -0.25) is 14.6 Å². The van der Waals surface area contributed by atoms with Gasteiger partial charge in [-0.05, 0) is 30.7 Å². The number of halogens is 1. The normalized spacial score (nSPS) is 10.5. The second kappa shape index (κ2) is 10.5. The Bertz CT molecular complexity index is 1080. The van der Waals surface area contributed by atoms with Gasteiger partial charge in [0.2, 0.25) is 0 Å². The average Bonchev–Trinajstić information content (AvgIpc) is 2.77. The topological polar surface area (TPSA) is 113 Å². The van der Waals surface area contributed by atoms with Gasteiger partial charge in [0.25, 0.3) is 11.8 Å². The Kier molecular flexibility index (Phi) is 7.50. The fourth-order valence-corrected chi connectivity index (χ4v) is 3.15. The molecule has 0 atom stereocenters. The van der Waals surface area contributed by atoms with Crippen molar-refractivity contribution in [1.29, 1.82) is 0 Å². The standard InChI is InChI=1S/C22H22ClN3O5/c1-29-18-12-15(11-16(23)21(18)31-13-19(24)27)22(28)26-9-4-10-30-17-7-2-5-14-6-3-8-25-20(14)17/h2-3,5-8,11-12H,4,9-10,13H2,1H3,(H2,24,27)(H,26,28). The number of aromatic nitrogens is 1. The van der Waals surface area contributed by atoms with Crippen LogP contribution in [0.2, 0.25) is 5.02 Å². The number of nitrogens with one attached hydrogen (secondary N) is 1. The zero-order valence-electron chi connectivity index (χ0n) is 16.9. The van der Waals surface area contributed by atoms with Crippen LogP contribution in [0, 0.1) is 0 Å². The van der Waals surface area contributed by atoms with Crippen molar-refractivity contribution in [2.24, 2.45) is 5.73 Å². The first-order chi connectivity index (χ1) is 15.0. The molecule has 31 heavy (non-hydrogen) atoms. The van der Waals surface area contributed by atoms with Crippen molar-refractivity contribution in [2.45, 2.75) is 6.42 Å². The van der Waals surface area contributed by atoms with Crippen LogP contribution in [-0.2, 0) is 4.79 Å². The number of hydrogen-bond donors (Lipinski definition) is 2. The van der Waals surface area contributed by atoms with E-state index in [0.29, 0.717) is 30.9 Å². The van der Waals surface area contributed by atoms with Gasteiger partial charge in [0.15, 0.2) is 18.1 Å². The molecule has 3 N–H and O–H groups in total. The summed E-state index contributed by atoms with van der Waals surface area (Å²) in [6.07, 6.45) is 2.32. The molecule has 0 aliphatic heterocycles. The third-order valence-corrected chi connectivity index (χ3v) is 4.59. The number of ether oxygens (including phenoxy) is 3. The summed E-state index contributed by atoms with van der Waals surface area (Å²) < 4.78 is 16.3. The summed E-state index contributed by atoms with van der Waals surface area (Å²) in [7, 11) is 1.41. The Morgan fingerprint density at radius 2 is 1.94 bits per heavy atom. The second-order valence-electron chi connectivity index (χ2n) is 6.53. The fraction of sp³-hybridized carbons (Fsp3) is 0.227. The van der Waals surface area contributed by atoms with Crippen LogP contribution in [0.1, 0.15) is 16.8 Å². The van der Waals surface area contributed by atoms with E-state index >= 15 is 0 Å². The number of primary amides is 1. The number of rotatable bonds is 10. The fourth-order valence-electron chi connectivity index (χ4n) is 2.89. The van der Waals surface area contributed by atoms with Crippen LogP contribution >= 0.6 is 11.6 Å². The first kappa shape index (κ1) is 22.2. The van der Waals surface area contributed by atoms with Gasteiger partial charge in [-0.15, -0.1) is 0 Å². The number of hydrogen-bond acceptors (Lipinski definition) is 6. The molecule has 0 fully saturated rings. The molecule has 8 nitrogen and oxygen atoms in total. The summed E-state index contributed by atoms with van der Waals surface area (Å²) in [6.45, 7) is 0.463. The summed E-state index contributed by atoms with van der Waals surface area (Å²) in [5.74, 6) is 0.102. The van der Waals surface area contributed by atoms with Crippen molar-refractivity contribution < 1.29 is 23.8 Å². The highest BCUT2D eigenvalue weighted by Crippen LogP contribution is 2.36. The van der Waals surface area contributed by atoms with E-state index in [9.17, 15) is 9.59 Å². The molecular weight excluding hydrogens is 422 g/mol. The van der Waals surface area contributed by atoms with E-state index in [0.717, 1.165) is 10.9 Å². The van der Waals surface area contributed by atoms with Crippen molar-refractivity contribution in [1.82, 2.24) is 10.3 Å². The number of benzene rings is 2. The quantitative estimate of drug-likeness (QED) is 0.466. The molecule has 0 unspecified atom stereocenters. The van der Waals surface area contributed by atoms with E-state index < -0.39 is 5.91 Å². The van der Waals surface area contributed by atoms with E-state index in [1.54, 1.807) is 6.20 Å². The molecule has 0 bridgehead atoms. The van der Waals surface area contributed by atoms with Crippen molar-refractivity contribution in [3.05, 3.63) is 59.2 Å². The van der Waals surface area contributed by atoms with Gasteiger partial charge in [0.05, 0.1) is 18.7 Å². The Labute approximate surface area is 184 Å². The first-order valence-corrected chi connectivity index (χ1v) is 9.90. The minimum Gasteiger partial charge on any atom is -0.493 e. The molecule has 9 heteroatoms. The van der Waals surface area contributed by atoms with Crippen molar-refractivity contribution in [3.8, 4) is 17.2 Å². The number of amides is 2. The number of methoxy groups -OCH3 is 1. The third kappa shape index (κ3) is 5.76. The van der Waals surface area contributed by atoms with Gasteiger partial charge in [-0.2, -0.15) is 0 Å². The summed E-state index contributed by atoms with van der Waals surface area (Å²) >= 11 is 6.18. The van der Waals surface area contributed by atoms with Crippen LogP contribution in [0.4, 0.5) is 0 Å². The van der Waals surface area contributed by atoms with Crippen molar-refractivity contribution >= 4 is 34.3 Å². The molecule has 0 radical (unpaired) electrons.